The predicted octanol–water partition coefficient (Wildman–Crippen LogP) is 8.53. The Kier molecular flexibility index (Phi) is 6.83. The molecule has 1 saturated carbocycles. The molecule has 4 aromatic rings. The first-order valence-electron chi connectivity index (χ1n) is 15.5. The quantitative estimate of drug-likeness (QED) is 0.228. The Morgan fingerprint density at radius 2 is 1.49 bits per heavy atom. The smallest absolute Gasteiger partial charge is 0.324 e. The van der Waals surface area contributed by atoms with Crippen LogP contribution in [0.15, 0.2) is 97.1 Å². The normalized spacial score (nSPS) is 28.5. The molecule has 1 aliphatic carbocycles. The highest BCUT2D eigenvalue weighted by Crippen LogP contribution is 2.70. The standard InChI is InChI=1S/C37H31Cl2FN2O3/c38-24-17-18-26-28(21-24)41-35(44)37(26)29(25-15-10-16-27(39)30(25)40)32-34(43)45-33(23-13-6-2-7-14-23)31(22-11-4-1-5-12-22)42(32)36(37)19-8-3-9-20-36/h1-2,4-7,10-18,21,29,31-33H,3,8-9,19-20H2,(H,41,44)/t29-,31+,32?,33-,37-/m0/s1. The maximum atomic E-state index is 16.4. The second-order valence-electron chi connectivity index (χ2n) is 12.6. The third-order valence-electron chi connectivity index (χ3n) is 10.7. The summed E-state index contributed by atoms with van der Waals surface area (Å²) in [4.78, 5) is 31.9. The minimum absolute atomic E-state index is 0.0560. The van der Waals surface area contributed by atoms with E-state index in [0.29, 0.717) is 23.6 Å². The molecule has 3 fully saturated rings. The van der Waals surface area contributed by atoms with Gasteiger partial charge >= 0.3 is 5.97 Å². The Hall–Kier alpha value is -3.71. The number of carbonyl (C=O) groups excluding carboxylic acids is 2. The number of halogens is 3. The van der Waals surface area contributed by atoms with Crippen LogP contribution in [0.2, 0.25) is 10.0 Å². The number of hydrogen-bond acceptors (Lipinski definition) is 4. The largest absolute Gasteiger partial charge is 0.454 e. The van der Waals surface area contributed by atoms with Crippen molar-refractivity contribution in [1.82, 2.24) is 4.90 Å². The summed E-state index contributed by atoms with van der Waals surface area (Å²) in [5.41, 5.74) is 1.19. The number of amides is 1. The first kappa shape index (κ1) is 28.7. The van der Waals surface area contributed by atoms with Crippen molar-refractivity contribution in [2.24, 2.45) is 0 Å². The molecule has 228 valence electrons. The monoisotopic (exact) mass is 640 g/mol. The summed E-state index contributed by atoms with van der Waals surface area (Å²) in [5.74, 6) is -2.28. The van der Waals surface area contributed by atoms with Gasteiger partial charge in [0.1, 0.15) is 23.4 Å². The van der Waals surface area contributed by atoms with Crippen molar-refractivity contribution >= 4 is 40.8 Å². The fourth-order valence-electron chi connectivity index (χ4n) is 9.16. The molecule has 4 aliphatic rings. The first-order valence-corrected chi connectivity index (χ1v) is 16.3. The van der Waals surface area contributed by atoms with Gasteiger partial charge in [-0.2, -0.15) is 0 Å². The highest BCUT2D eigenvalue weighted by atomic mass is 35.5. The molecule has 0 radical (unpaired) electrons. The van der Waals surface area contributed by atoms with Crippen molar-refractivity contribution < 1.29 is 18.7 Å². The second kappa shape index (κ2) is 10.7. The number of hydrogen-bond donors (Lipinski definition) is 1. The molecule has 1 amide bonds. The third-order valence-corrected chi connectivity index (χ3v) is 11.2. The van der Waals surface area contributed by atoms with E-state index >= 15 is 4.39 Å². The number of nitrogens with one attached hydrogen (secondary N) is 1. The molecular weight excluding hydrogens is 610 g/mol. The van der Waals surface area contributed by atoms with Crippen LogP contribution in [0, 0.1) is 5.82 Å². The number of ether oxygens (including phenoxy) is 1. The molecule has 2 spiro atoms. The molecule has 8 heteroatoms. The molecule has 1 unspecified atom stereocenters. The van der Waals surface area contributed by atoms with Crippen molar-refractivity contribution in [3.8, 4) is 0 Å². The minimum Gasteiger partial charge on any atom is -0.454 e. The van der Waals surface area contributed by atoms with Gasteiger partial charge in [-0.25, -0.2) is 4.39 Å². The summed E-state index contributed by atoms with van der Waals surface area (Å²) >= 11 is 12.9. The fourth-order valence-corrected chi connectivity index (χ4v) is 9.51. The van der Waals surface area contributed by atoms with Crippen molar-refractivity contribution in [2.45, 2.75) is 67.2 Å². The lowest BCUT2D eigenvalue weighted by Gasteiger charge is -2.55. The van der Waals surface area contributed by atoms with Crippen LogP contribution >= 0.6 is 23.2 Å². The van der Waals surface area contributed by atoms with Crippen LogP contribution in [0.4, 0.5) is 10.1 Å². The van der Waals surface area contributed by atoms with E-state index in [0.717, 1.165) is 36.0 Å². The SMILES string of the molecule is O=C1O[C@@H](c2ccccc2)[C@@H](c2ccccc2)N2C1[C@H](c1cccc(Cl)c1F)[C@@]1(C(=O)Nc3cc(Cl)ccc31)C21CCCCC1. The van der Waals surface area contributed by atoms with E-state index in [-0.39, 0.29) is 16.5 Å². The molecule has 5 atom stereocenters. The van der Waals surface area contributed by atoms with Crippen LogP contribution in [-0.2, 0) is 19.7 Å². The molecular formula is C37H31Cl2FN2O3. The van der Waals surface area contributed by atoms with Gasteiger partial charge in [-0.1, -0.05) is 121 Å². The molecule has 8 rings (SSSR count). The lowest BCUT2D eigenvalue weighted by molar-refractivity contribution is -0.183. The van der Waals surface area contributed by atoms with E-state index in [1.165, 1.54) is 6.07 Å². The zero-order valence-electron chi connectivity index (χ0n) is 24.4. The lowest BCUT2D eigenvalue weighted by atomic mass is 9.55. The van der Waals surface area contributed by atoms with Gasteiger partial charge in [-0.05, 0) is 53.3 Å². The Bertz CT molecular complexity index is 1810. The first-order chi connectivity index (χ1) is 21.9. The van der Waals surface area contributed by atoms with Crippen molar-refractivity contribution in [3.05, 3.63) is 135 Å². The number of nitrogens with zero attached hydrogens (tertiary/aromatic N) is 1. The van der Waals surface area contributed by atoms with Crippen LogP contribution in [0.1, 0.15) is 72.4 Å². The highest BCUT2D eigenvalue weighted by Gasteiger charge is 2.78. The summed E-state index contributed by atoms with van der Waals surface area (Å²) in [5, 5.41) is 3.57. The van der Waals surface area contributed by atoms with Gasteiger partial charge in [0.15, 0.2) is 0 Å². The Balaban J connectivity index is 1.49. The Morgan fingerprint density at radius 3 is 2.20 bits per heavy atom. The highest BCUT2D eigenvalue weighted by molar-refractivity contribution is 6.31. The maximum absolute atomic E-state index is 16.4. The van der Waals surface area contributed by atoms with E-state index < -0.39 is 46.8 Å². The lowest BCUT2D eigenvalue weighted by Crippen LogP contribution is -2.63. The third kappa shape index (κ3) is 3.95. The van der Waals surface area contributed by atoms with E-state index in [4.69, 9.17) is 27.9 Å². The molecule has 45 heavy (non-hydrogen) atoms. The zero-order valence-corrected chi connectivity index (χ0v) is 25.9. The number of anilines is 1. The zero-order chi connectivity index (χ0) is 30.9. The predicted molar refractivity (Wildman–Crippen MR) is 172 cm³/mol. The second-order valence-corrected chi connectivity index (χ2v) is 13.5. The number of rotatable bonds is 3. The van der Waals surface area contributed by atoms with Gasteiger partial charge in [-0.15, -0.1) is 0 Å². The summed E-state index contributed by atoms with van der Waals surface area (Å²) in [7, 11) is 0. The molecule has 5 nitrogen and oxygen atoms in total. The van der Waals surface area contributed by atoms with Gasteiger partial charge in [0, 0.05) is 22.2 Å². The number of esters is 1. The minimum atomic E-state index is -1.33. The van der Waals surface area contributed by atoms with Gasteiger partial charge in [0.2, 0.25) is 5.91 Å². The molecule has 2 saturated heterocycles. The van der Waals surface area contributed by atoms with E-state index in [9.17, 15) is 9.59 Å². The molecule has 4 aromatic carbocycles. The van der Waals surface area contributed by atoms with Gasteiger partial charge < -0.3 is 10.1 Å². The molecule has 0 aromatic heterocycles. The topological polar surface area (TPSA) is 58.6 Å². The van der Waals surface area contributed by atoms with Crippen molar-refractivity contribution in [2.75, 3.05) is 5.32 Å². The number of benzene rings is 4. The van der Waals surface area contributed by atoms with Crippen LogP contribution in [0.3, 0.4) is 0 Å². The fraction of sp³-hybridized carbons (Fsp3) is 0.297. The van der Waals surface area contributed by atoms with Crippen LogP contribution in [0.5, 0.6) is 0 Å². The average molecular weight is 642 g/mol. The summed E-state index contributed by atoms with van der Waals surface area (Å²) in [6.45, 7) is 0. The molecule has 3 aliphatic heterocycles. The number of morpholine rings is 1. The molecule has 0 bridgehead atoms. The van der Waals surface area contributed by atoms with Gasteiger partial charge in [0.05, 0.1) is 11.1 Å². The van der Waals surface area contributed by atoms with E-state index in [1.807, 2.05) is 54.6 Å². The molecule has 3 heterocycles. The van der Waals surface area contributed by atoms with Crippen molar-refractivity contribution in [3.63, 3.8) is 0 Å². The van der Waals surface area contributed by atoms with Crippen LogP contribution < -0.4 is 5.32 Å². The Morgan fingerprint density at radius 1 is 0.800 bits per heavy atom. The van der Waals surface area contributed by atoms with E-state index in [2.05, 4.69) is 22.3 Å². The summed E-state index contributed by atoms with van der Waals surface area (Å²) in [6.07, 6.45) is 3.37. The Labute approximate surface area is 271 Å². The van der Waals surface area contributed by atoms with Gasteiger partial charge in [-0.3, -0.25) is 14.5 Å². The van der Waals surface area contributed by atoms with Gasteiger partial charge in [0.25, 0.3) is 0 Å². The maximum Gasteiger partial charge on any atom is 0.324 e. The van der Waals surface area contributed by atoms with Crippen LogP contribution in [0.25, 0.3) is 0 Å². The summed E-state index contributed by atoms with van der Waals surface area (Å²) < 4.78 is 22.9. The van der Waals surface area contributed by atoms with Crippen molar-refractivity contribution in [1.29, 1.82) is 0 Å². The number of carbonyl (C=O) groups is 2. The van der Waals surface area contributed by atoms with E-state index in [1.54, 1.807) is 24.3 Å². The number of fused-ring (bicyclic) bond motifs is 5. The average Bonchev–Trinajstić information content (AvgIpc) is 3.49. The molecule has 1 N–H and O–H groups in total. The summed E-state index contributed by atoms with van der Waals surface area (Å²) in [6, 6.07) is 28.7. The number of cyclic esters (lactones) is 1. The van der Waals surface area contributed by atoms with Crippen LogP contribution in [-0.4, -0.2) is 28.4 Å².